The highest BCUT2D eigenvalue weighted by molar-refractivity contribution is 6.06. The van der Waals surface area contributed by atoms with Gasteiger partial charge >= 0.3 is 0 Å². The molecule has 0 unspecified atom stereocenters. The smallest absolute Gasteiger partial charge is 0.257 e. The van der Waals surface area contributed by atoms with Gasteiger partial charge in [-0.05, 0) is 68.3 Å². The van der Waals surface area contributed by atoms with E-state index in [9.17, 15) is 9.59 Å². The average Bonchev–Trinajstić information content (AvgIpc) is 3.66. The molecule has 5 aromatic rings. The lowest BCUT2D eigenvalue weighted by atomic mass is 9.89. The molecule has 3 aromatic heterocycles. The number of nitrogens with zero attached hydrogens (tertiary/aromatic N) is 4. The molecule has 2 amide bonds. The lowest BCUT2D eigenvalue weighted by molar-refractivity contribution is 0.0712. The molecule has 4 heterocycles. The summed E-state index contributed by atoms with van der Waals surface area (Å²) in [6.45, 7) is 3.18. The number of nitrogens with one attached hydrogen (secondary N) is 2. The largest absolute Gasteiger partial charge is 0.361 e. The zero-order valence-electron chi connectivity index (χ0n) is 21.1. The Hall–Kier alpha value is -4.72. The van der Waals surface area contributed by atoms with Crippen molar-refractivity contribution in [2.75, 3.05) is 18.4 Å². The summed E-state index contributed by atoms with van der Waals surface area (Å²) in [5.74, 6) is -0.0461. The van der Waals surface area contributed by atoms with Gasteiger partial charge in [0, 0.05) is 60.1 Å². The second-order valence-electron chi connectivity index (χ2n) is 9.67. The summed E-state index contributed by atoms with van der Waals surface area (Å²) in [4.78, 5) is 40.6. The first-order valence-electron chi connectivity index (χ1n) is 12.8. The summed E-state index contributed by atoms with van der Waals surface area (Å²) >= 11 is 0. The van der Waals surface area contributed by atoms with Crippen molar-refractivity contribution in [3.05, 3.63) is 108 Å². The van der Waals surface area contributed by atoms with E-state index < -0.39 is 0 Å². The van der Waals surface area contributed by atoms with Crippen molar-refractivity contribution in [1.82, 2.24) is 24.4 Å². The van der Waals surface area contributed by atoms with Crippen molar-refractivity contribution in [3.63, 3.8) is 0 Å². The fourth-order valence-electron chi connectivity index (χ4n) is 5.20. The minimum absolute atomic E-state index is 0.0332. The summed E-state index contributed by atoms with van der Waals surface area (Å²) < 4.78 is 1.91. The molecule has 0 spiro atoms. The predicted octanol–water partition coefficient (Wildman–Crippen LogP) is 5.33. The molecule has 1 fully saturated rings. The number of hydrogen-bond donors (Lipinski definition) is 2. The number of benzene rings is 2. The third kappa shape index (κ3) is 4.56. The van der Waals surface area contributed by atoms with E-state index in [2.05, 4.69) is 15.3 Å². The van der Waals surface area contributed by atoms with Crippen LogP contribution in [-0.2, 0) is 0 Å². The number of carbonyl (C=O) groups excluding carboxylic acids is 2. The van der Waals surface area contributed by atoms with Gasteiger partial charge in [-0.2, -0.15) is 0 Å². The van der Waals surface area contributed by atoms with E-state index in [1.165, 1.54) is 0 Å². The molecule has 8 heteroatoms. The van der Waals surface area contributed by atoms with Gasteiger partial charge in [-0.3, -0.25) is 14.6 Å². The maximum atomic E-state index is 13.3. The van der Waals surface area contributed by atoms with E-state index in [0.29, 0.717) is 29.9 Å². The SMILES string of the molecule is Cc1ccc(C(=O)Nc2ccc(-n3ccnc3)cc2)c(C2CCN(C(=O)c3cccc4cc[nH]c34)CC2)n1. The molecule has 190 valence electrons. The van der Waals surface area contributed by atoms with Gasteiger partial charge in [0.15, 0.2) is 0 Å². The number of anilines is 1. The molecule has 2 aromatic carbocycles. The number of likely N-dealkylation sites (tertiary alicyclic amines) is 1. The van der Waals surface area contributed by atoms with Crippen LogP contribution in [0.2, 0.25) is 0 Å². The molecule has 0 radical (unpaired) electrons. The topological polar surface area (TPSA) is 95.9 Å². The fourth-order valence-corrected chi connectivity index (χ4v) is 5.20. The molecule has 1 aliphatic heterocycles. The number of rotatable bonds is 5. The second kappa shape index (κ2) is 9.97. The van der Waals surface area contributed by atoms with Crippen LogP contribution in [0.1, 0.15) is 50.9 Å². The van der Waals surface area contributed by atoms with Crippen molar-refractivity contribution in [3.8, 4) is 5.69 Å². The number of pyridine rings is 1. The zero-order chi connectivity index (χ0) is 26.1. The van der Waals surface area contributed by atoms with Crippen molar-refractivity contribution >= 4 is 28.4 Å². The number of aromatic amines is 1. The fraction of sp³-hybridized carbons (Fsp3) is 0.200. The van der Waals surface area contributed by atoms with Crippen molar-refractivity contribution < 1.29 is 9.59 Å². The van der Waals surface area contributed by atoms with Crippen LogP contribution in [0.25, 0.3) is 16.6 Å². The maximum absolute atomic E-state index is 13.3. The Morgan fingerprint density at radius 3 is 2.55 bits per heavy atom. The van der Waals surface area contributed by atoms with Crippen molar-refractivity contribution in [2.45, 2.75) is 25.7 Å². The molecule has 38 heavy (non-hydrogen) atoms. The van der Waals surface area contributed by atoms with Gasteiger partial charge in [-0.15, -0.1) is 0 Å². The molecule has 1 saturated heterocycles. The number of carbonyl (C=O) groups is 2. The quantitative estimate of drug-likeness (QED) is 0.338. The highest BCUT2D eigenvalue weighted by Gasteiger charge is 2.29. The number of imidazole rings is 1. The van der Waals surface area contributed by atoms with E-state index in [4.69, 9.17) is 4.98 Å². The van der Waals surface area contributed by atoms with Crippen LogP contribution in [0.3, 0.4) is 0 Å². The molecule has 8 nitrogen and oxygen atoms in total. The van der Waals surface area contributed by atoms with Crippen LogP contribution in [0, 0.1) is 6.92 Å². The number of H-pyrrole nitrogens is 1. The van der Waals surface area contributed by atoms with Crippen LogP contribution >= 0.6 is 0 Å². The van der Waals surface area contributed by atoms with Gasteiger partial charge in [0.25, 0.3) is 11.8 Å². The molecule has 2 N–H and O–H groups in total. The third-order valence-corrected chi connectivity index (χ3v) is 7.22. The summed E-state index contributed by atoms with van der Waals surface area (Å²) in [5, 5.41) is 4.05. The number of fused-ring (bicyclic) bond motifs is 1. The molecule has 1 aliphatic rings. The van der Waals surface area contributed by atoms with Crippen molar-refractivity contribution in [2.24, 2.45) is 0 Å². The van der Waals surface area contributed by atoms with Crippen LogP contribution in [-0.4, -0.2) is 49.3 Å². The van der Waals surface area contributed by atoms with Gasteiger partial charge in [-0.25, -0.2) is 4.98 Å². The van der Waals surface area contributed by atoms with Gasteiger partial charge in [-0.1, -0.05) is 12.1 Å². The number of aromatic nitrogens is 4. The summed E-state index contributed by atoms with van der Waals surface area (Å²) in [7, 11) is 0. The predicted molar refractivity (Wildman–Crippen MR) is 147 cm³/mol. The summed E-state index contributed by atoms with van der Waals surface area (Å²) in [6.07, 6.45) is 8.70. The van der Waals surface area contributed by atoms with E-state index in [-0.39, 0.29) is 17.7 Å². The highest BCUT2D eigenvalue weighted by Crippen LogP contribution is 2.31. The summed E-state index contributed by atoms with van der Waals surface area (Å²) in [6, 6.07) is 19.1. The lowest BCUT2D eigenvalue weighted by Gasteiger charge is -2.32. The zero-order valence-corrected chi connectivity index (χ0v) is 21.1. The highest BCUT2D eigenvalue weighted by atomic mass is 16.2. The molecule has 0 saturated carbocycles. The number of piperidine rings is 1. The number of hydrogen-bond acceptors (Lipinski definition) is 4. The molecule has 6 rings (SSSR count). The monoisotopic (exact) mass is 504 g/mol. The number of para-hydroxylation sites is 1. The van der Waals surface area contributed by atoms with E-state index in [1.807, 2.05) is 89.4 Å². The first-order chi connectivity index (χ1) is 18.6. The van der Waals surface area contributed by atoms with Gasteiger partial charge < -0.3 is 19.8 Å². The molecular formula is C30H28N6O2. The minimum atomic E-state index is -0.181. The Labute approximate surface area is 220 Å². The first kappa shape index (κ1) is 23.7. The molecular weight excluding hydrogens is 476 g/mol. The Balaban J connectivity index is 1.16. The van der Waals surface area contributed by atoms with E-state index in [0.717, 1.165) is 40.8 Å². The van der Waals surface area contributed by atoms with Crippen LogP contribution < -0.4 is 5.32 Å². The number of amides is 2. The van der Waals surface area contributed by atoms with Gasteiger partial charge in [0.2, 0.25) is 0 Å². The van der Waals surface area contributed by atoms with Crippen LogP contribution in [0.5, 0.6) is 0 Å². The second-order valence-corrected chi connectivity index (χ2v) is 9.67. The minimum Gasteiger partial charge on any atom is -0.361 e. The Kier molecular flexibility index (Phi) is 6.21. The van der Waals surface area contributed by atoms with Gasteiger partial charge in [0.05, 0.1) is 28.7 Å². The maximum Gasteiger partial charge on any atom is 0.257 e. The van der Waals surface area contributed by atoms with E-state index >= 15 is 0 Å². The Bertz CT molecular complexity index is 1600. The van der Waals surface area contributed by atoms with E-state index in [1.54, 1.807) is 12.5 Å². The van der Waals surface area contributed by atoms with Crippen molar-refractivity contribution in [1.29, 1.82) is 0 Å². The Morgan fingerprint density at radius 2 is 1.79 bits per heavy atom. The van der Waals surface area contributed by atoms with Crippen LogP contribution in [0.15, 0.2) is 85.6 Å². The first-order valence-corrected chi connectivity index (χ1v) is 12.8. The third-order valence-electron chi connectivity index (χ3n) is 7.22. The molecule has 0 aliphatic carbocycles. The molecule has 0 atom stereocenters. The van der Waals surface area contributed by atoms with Gasteiger partial charge in [0.1, 0.15) is 0 Å². The lowest BCUT2D eigenvalue weighted by Crippen LogP contribution is -2.38. The standard InChI is InChI=1S/C30H28N6O2/c1-20-5-10-25(29(37)34-23-6-8-24(9-7-23)36-18-15-31-19-36)28(33-20)22-12-16-35(17-13-22)30(38)26-4-2-3-21-11-14-32-27(21)26/h2-11,14-15,18-19,22,32H,12-13,16-17H2,1H3,(H,34,37). The number of aryl methyl sites for hydroxylation is 1. The summed E-state index contributed by atoms with van der Waals surface area (Å²) in [5.41, 5.74) is 5.50. The molecule has 0 bridgehead atoms. The Morgan fingerprint density at radius 1 is 0.974 bits per heavy atom. The average molecular weight is 505 g/mol. The van der Waals surface area contributed by atoms with Crippen LogP contribution in [0.4, 0.5) is 5.69 Å². The normalized spacial score (nSPS) is 14.1.